The van der Waals surface area contributed by atoms with Gasteiger partial charge in [0.15, 0.2) is 0 Å². The molecule has 140 valence electrons. The summed E-state index contributed by atoms with van der Waals surface area (Å²) in [4.78, 5) is 14.6. The molecule has 1 aromatic carbocycles. The Balaban J connectivity index is 1.53. The zero-order valence-electron chi connectivity index (χ0n) is 15.7. The van der Waals surface area contributed by atoms with Crippen molar-refractivity contribution in [3.63, 3.8) is 0 Å². The van der Waals surface area contributed by atoms with Crippen LogP contribution >= 0.6 is 0 Å². The third-order valence-electron chi connectivity index (χ3n) is 5.24. The molecular weight excluding hydrogens is 326 g/mol. The van der Waals surface area contributed by atoms with Crippen molar-refractivity contribution in [2.45, 2.75) is 39.4 Å². The first-order chi connectivity index (χ1) is 12.4. The van der Waals surface area contributed by atoms with E-state index in [-0.39, 0.29) is 17.4 Å². The maximum Gasteiger partial charge on any atom is 0.234 e. The first kappa shape index (κ1) is 18.6. The van der Waals surface area contributed by atoms with Gasteiger partial charge < -0.3 is 11.1 Å². The monoisotopic (exact) mass is 355 g/mol. The van der Waals surface area contributed by atoms with Crippen LogP contribution in [0.1, 0.15) is 31.4 Å². The molecule has 0 radical (unpaired) electrons. The fourth-order valence-corrected chi connectivity index (χ4v) is 3.53. The first-order valence-electron chi connectivity index (χ1n) is 9.23. The molecule has 1 aliphatic rings. The number of amides is 1. The number of likely N-dealkylation sites (tertiary alicyclic amines) is 1. The molecule has 1 atom stereocenters. The van der Waals surface area contributed by atoms with E-state index < -0.39 is 0 Å². The summed E-state index contributed by atoms with van der Waals surface area (Å²) in [5, 5.41) is 7.32. The summed E-state index contributed by atoms with van der Waals surface area (Å²) in [5.74, 6) is 0.0603. The van der Waals surface area contributed by atoms with E-state index in [0.29, 0.717) is 19.6 Å². The van der Waals surface area contributed by atoms with Gasteiger partial charge in [0, 0.05) is 38.1 Å². The quantitative estimate of drug-likeness (QED) is 0.825. The number of benzene rings is 1. The van der Waals surface area contributed by atoms with Crippen molar-refractivity contribution in [2.24, 2.45) is 11.1 Å². The molecular formula is C20H29N5O. The minimum Gasteiger partial charge on any atom is -0.351 e. The zero-order valence-corrected chi connectivity index (χ0v) is 15.7. The van der Waals surface area contributed by atoms with Crippen LogP contribution in [-0.4, -0.2) is 46.3 Å². The van der Waals surface area contributed by atoms with Gasteiger partial charge >= 0.3 is 0 Å². The molecule has 0 saturated carbocycles. The molecule has 1 saturated heterocycles. The summed E-state index contributed by atoms with van der Waals surface area (Å²) in [7, 11) is 0. The summed E-state index contributed by atoms with van der Waals surface area (Å²) in [5.41, 5.74) is 8.52. The Morgan fingerprint density at radius 1 is 1.31 bits per heavy atom. The highest BCUT2D eigenvalue weighted by molar-refractivity contribution is 5.78. The molecule has 1 fully saturated rings. The Kier molecular flexibility index (Phi) is 5.74. The lowest BCUT2D eigenvalue weighted by atomic mass is 9.80. The molecule has 3 N–H and O–H groups in total. The van der Waals surface area contributed by atoms with Gasteiger partial charge in [-0.2, -0.15) is 5.10 Å². The maximum absolute atomic E-state index is 12.4. The summed E-state index contributed by atoms with van der Waals surface area (Å²) >= 11 is 0. The molecule has 6 nitrogen and oxygen atoms in total. The van der Waals surface area contributed by atoms with Gasteiger partial charge in [0.25, 0.3) is 0 Å². The Morgan fingerprint density at radius 2 is 2.08 bits per heavy atom. The van der Waals surface area contributed by atoms with Crippen molar-refractivity contribution in [1.82, 2.24) is 20.0 Å². The third-order valence-corrected chi connectivity index (χ3v) is 5.24. The number of nitrogens with one attached hydrogen (secondary N) is 1. The maximum atomic E-state index is 12.4. The van der Waals surface area contributed by atoms with Crippen LogP contribution in [0.25, 0.3) is 0 Å². The number of aromatic nitrogens is 2. The minimum atomic E-state index is 0.0505. The van der Waals surface area contributed by atoms with E-state index in [4.69, 9.17) is 5.73 Å². The predicted molar refractivity (Wildman–Crippen MR) is 102 cm³/mol. The lowest BCUT2D eigenvalue weighted by Gasteiger charge is -2.42. The fraction of sp³-hybridized carbons (Fsp3) is 0.500. The van der Waals surface area contributed by atoms with Crippen LogP contribution in [0, 0.1) is 5.41 Å². The van der Waals surface area contributed by atoms with Crippen LogP contribution in [0.15, 0.2) is 42.7 Å². The normalized spacial score (nSPS) is 20.0. The van der Waals surface area contributed by atoms with E-state index in [1.807, 2.05) is 29.1 Å². The predicted octanol–water partition coefficient (Wildman–Crippen LogP) is 1.61. The average Bonchev–Trinajstić information content (AvgIpc) is 3.10. The van der Waals surface area contributed by atoms with E-state index in [0.717, 1.165) is 25.1 Å². The van der Waals surface area contributed by atoms with E-state index in [9.17, 15) is 4.79 Å². The summed E-state index contributed by atoms with van der Waals surface area (Å²) in [6.45, 7) is 7.76. The number of carbonyl (C=O) groups is 1. The Morgan fingerprint density at radius 3 is 2.77 bits per heavy atom. The van der Waals surface area contributed by atoms with E-state index in [2.05, 4.69) is 41.3 Å². The molecule has 1 aliphatic heterocycles. The molecule has 1 amide bonds. The number of nitrogens with zero attached hydrogens (tertiary/aromatic N) is 3. The molecule has 1 aromatic heterocycles. The number of hydrogen-bond acceptors (Lipinski definition) is 4. The van der Waals surface area contributed by atoms with Crippen LogP contribution < -0.4 is 11.1 Å². The van der Waals surface area contributed by atoms with Gasteiger partial charge in [0.05, 0.1) is 13.1 Å². The summed E-state index contributed by atoms with van der Waals surface area (Å²) < 4.78 is 1.89. The van der Waals surface area contributed by atoms with Gasteiger partial charge in [-0.1, -0.05) is 38.1 Å². The molecule has 2 heterocycles. The highest BCUT2D eigenvalue weighted by Crippen LogP contribution is 2.27. The van der Waals surface area contributed by atoms with E-state index in [1.54, 1.807) is 6.20 Å². The Labute approximate surface area is 155 Å². The van der Waals surface area contributed by atoms with Gasteiger partial charge in [-0.05, 0) is 29.0 Å². The number of rotatable bonds is 6. The molecule has 2 aromatic rings. The van der Waals surface area contributed by atoms with Crippen LogP contribution in [0.3, 0.4) is 0 Å². The lowest BCUT2D eigenvalue weighted by Crippen LogP contribution is -2.54. The molecule has 6 heteroatoms. The van der Waals surface area contributed by atoms with Crippen molar-refractivity contribution >= 4 is 5.91 Å². The number of piperidine rings is 1. The van der Waals surface area contributed by atoms with Crippen molar-refractivity contribution in [2.75, 3.05) is 19.6 Å². The Hall–Kier alpha value is -2.18. The van der Waals surface area contributed by atoms with Crippen molar-refractivity contribution in [3.05, 3.63) is 53.9 Å². The first-order valence-corrected chi connectivity index (χ1v) is 9.23. The standard InChI is InChI=1S/C20H29N5O/c1-20(2)15-24(11-8-18(20)21)14-19(26)22-12-16-6-3-4-7-17(16)13-25-10-5-9-23-25/h3-7,9-10,18H,8,11-15,21H2,1-2H3,(H,22,26). The Bertz CT molecular complexity index is 726. The van der Waals surface area contributed by atoms with E-state index in [1.165, 1.54) is 5.56 Å². The van der Waals surface area contributed by atoms with Gasteiger partial charge in [-0.25, -0.2) is 0 Å². The second-order valence-electron chi connectivity index (χ2n) is 7.84. The van der Waals surface area contributed by atoms with Gasteiger partial charge in [0.1, 0.15) is 0 Å². The van der Waals surface area contributed by atoms with Crippen LogP contribution in [0.5, 0.6) is 0 Å². The second kappa shape index (κ2) is 8.01. The van der Waals surface area contributed by atoms with Crippen molar-refractivity contribution < 1.29 is 4.79 Å². The molecule has 0 aliphatic carbocycles. The average molecular weight is 355 g/mol. The second-order valence-corrected chi connectivity index (χ2v) is 7.84. The zero-order chi connectivity index (χ0) is 18.6. The summed E-state index contributed by atoms with van der Waals surface area (Å²) in [6.07, 6.45) is 4.65. The van der Waals surface area contributed by atoms with Crippen LogP contribution in [0.2, 0.25) is 0 Å². The number of hydrogen-bond donors (Lipinski definition) is 2. The highest BCUT2D eigenvalue weighted by atomic mass is 16.2. The smallest absolute Gasteiger partial charge is 0.234 e. The molecule has 1 unspecified atom stereocenters. The molecule has 0 bridgehead atoms. The third kappa shape index (κ3) is 4.71. The summed E-state index contributed by atoms with van der Waals surface area (Å²) in [6, 6.07) is 10.3. The SMILES string of the molecule is CC1(C)CN(CC(=O)NCc2ccccc2Cn2cccn2)CCC1N. The van der Waals surface area contributed by atoms with Gasteiger partial charge in [-0.3, -0.25) is 14.4 Å². The van der Waals surface area contributed by atoms with Gasteiger partial charge in [0.2, 0.25) is 5.91 Å². The number of nitrogens with two attached hydrogens (primary N) is 1. The van der Waals surface area contributed by atoms with Crippen LogP contribution in [-0.2, 0) is 17.9 Å². The molecule has 3 rings (SSSR count). The molecule has 26 heavy (non-hydrogen) atoms. The largest absolute Gasteiger partial charge is 0.351 e. The van der Waals surface area contributed by atoms with Crippen LogP contribution in [0.4, 0.5) is 0 Å². The minimum absolute atomic E-state index is 0.0505. The van der Waals surface area contributed by atoms with E-state index >= 15 is 0 Å². The lowest BCUT2D eigenvalue weighted by molar-refractivity contribution is -0.123. The highest BCUT2D eigenvalue weighted by Gasteiger charge is 2.33. The van der Waals surface area contributed by atoms with Gasteiger partial charge in [-0.15, -0.1) is 0 Å². The number of carbonyl (C=O) groups excluding carboxylic acids is 1. The molecule has 0 spiro atoms. The van der Waals surface area contributed by atoms with Crippen molar-refractivity contribution in [3.8, 4) is 0 Å². The topological polar surface area (TPSA) is 76.2 Å². The van der Waals surface area contributed by atoms with Crippen molar-refractivity contribution in [1.29, 1.82) is 0 Å². The fourth-order valence-electron chi connectivity index (χ4n) is 3.53.